The maximum absolute atomic E-state index is 11.0. The Bertz CT molecular complexity index is 455. The molecule has 0 atom stereocenters. The topological polar surface area (TPSA) is 40.5 Å². The molecule has 104 valence electrons. The molecule has 4 heteroatoms. The molecule has 19 heavy (non-hydrogen) atoms. The number of halogens is 1. The summed E-state index contributed by atoms with van der Waals surface area (Å²) < 4.78 is 0. The number of carboxylic acids is 1. The van der Waals surface area contributed by atoms with Crippen molar-refractivity contribution in [3.63, 3.8) is 0 Å². The number of hydrogen-bond donors (Lipinski definition) is 1. The summed E-state index contributed by atoms with van der Waals surface area (Å²) in [6.45, 7) is 2.83. The molecule has 1 aromatic rings. The summed E-state index contributed by atoms with van der Waals surface area (Å²) in [4.78, 5) is 13.1. The Kier molecular flexibility index (Phi) is 4.83. The van der Waals surface area contributed by atoms with Gasteiger partial charge in [-0.3, -0.25) is 9.69 Å². The molecule has 1 aliphatic carbocycles. The Labute approximate surface area is 119 Å². The zero-order chi connectivity index (χ0) is 13.8. The van der Waals surface area contributed by atoms with Crippen LogP contribution in [0.15, 0.2) is 18.2 Å². The predicted molar refractivity (Wildman–Crippen MR) is 76.5 cm³/mol. The fourth-order valence-corrected chi connectivity index (χ4v) is 3.04. The van der Waals surface area contributed by atoms with E-state index in [0.29, 0.717) is 12.6 Å². The molecule has 0 radical (unpaired) electrons. The predicted octanol–water partition coefficient (Wildman–Crippen LogP) is 3.48. The van der Waals surface area contributed by atoms with Gasteiger partial charge in [-0.2, -0.15) is 0 Å². The van der Waals surface area contributed by atoms with E-state index in [1.54, 1.807) is 0 Å². The van der Waals surface area contributed by atoms with Crippen LogP contribution < -0.4 is 0 Å². The quantitative estimate of drug-likeness (QED) is 0.898. The molecule has 1 saturated carbocycles. The monoisotopic (exact) mass is 281 g/mol. The number of carboxylic acid groups (broad SMARTS) is 1. The van der Waals surface area contributed by atoms with Gasteiger partial charge in [0.25, 0.3) is 0 Å². The second-order valence-electron chi connectivity index (χ2n) is 5.31. The van der Waals surface area contributed by atoms with Crippen molar-refractivity contribution in [1.82, 2.24) is 4.90 Å². The number of aryl methyl sites for hydroxylation is 1. The molecule has 1 fully saturated rings. The van der Waals surface area contributed by atoms with Crippen molar-refractivity contribution in [2.45, 2.75) is 45.2 Å². The van der Waals surface area contributed by atoms with Crippen molar-refractivity contribution >= 4 is 17.6 Å². The van der Waals surface area contributed by atoms with Crippen molar-refractivity contribution in [3.05, 3.63) is 34.3 Å². The molecule has 0 amide bonds. The molecule has 1 N–H and O–H groups in total. The number of benzene rings is 1. The van der Waals surface area contributed by atoms with Crippen molar-refractivity contribution < 1.29 is 9.90 Å². The number of hydrogen-bond acceptors (Lipinski definition) is 2. The van der Waals surface area contributed by atoms with Gasteiger partial charge >= 0.3 is 5.97 Å². The molecule has 0 aliphatic heterocycles. The number of carbonyl (C=O) groups is 1. The number of aliphatic carboxylic acids is 1. The average Bonchev–Trinajstić information content (AvgIpc) is 2.84. The number of rotatable bonds is 5. The Hall–Kier alpha value is -1.06. The van der Waals surface area contributed by atoms with Gasteiger partial charge in [0.15, 0.2) is 0 Å². The maximum Gasteiger partial charge on any atom is 0.317 e. The zero-order valence-corrected chi connectivity index (χ0v) is 12.0. The minimum atomic E-state index is -0.751. The summed E-state index contributed by atoms with van der Waals surface area (Å²) in [7, 11) is 0. The lowest BCUT2D eigenvalue weighted by atomic mass is 10.1. The van der Waals surface area contributed by atoms with E-state index in [-0.39, 0.29) is 6.54 Å². The third-order valence-electron chi connectivity index (χ3n) is 3.86. The molecule has 3 nitrogen and oxygen atoms in total. The van der Waals surface area contributed by atoms with Gasteiger partial charge in [0.05, 0.1) is 6.54 Å². The number of nitrogens with zero attached hydrogens (tertiary/aromatic N) is 1. The minimum Gasteiger partial charge on any atom is -0.480 e. The van der Waals surface area contributed by atoms with E-state index in [0.717, 1.165) is 29.0 Å². The minimum absolute atomic E-state index is 0.118. The molecule has 2 rings (SSSR count). The summed E-state index contributed by atoms with van der Waals surface area (Å²) in [6, 6.07) is 6.22. The molecule has 1 aromatic carbocycles. The summed E-state index contributed by atoms with van der Waals surface area (Å²) >= 11 is 5.96. The summed E-state index contributed by atoms with van der Waals surface area (Å²) in [5.41, 5.74) is 2.29. The van der Waals surface area contributed by atoms with Crippen molar-refractivity contribution in [3.8, 4) is 0 Å². The lowest BCUT2D eigenvalue weighted by molar-refractivity contribution is -0.139. The molecule has 0 aromatic heterocycles. The summed E-state index contributed by atoms with van der Waals surface area (Å²) in [5, 5.41) is 9.80. The van der Waals surface area contributed by atoms with Gasteiger partial charge in [-0.05, 0) is 43.0 Å². The zero-order valence-electron chi connectivity index (χ0n) is 11.2. The van der Waals surface area contributed by atoms with Gasteiger partial charge in [-0.1, -0.05) is 30.5 Å². The van der Waals surface area contributed by atoms with Crippen LogP contribution in [0.3, 0.4) is 0 Å². The molecule has 0 heterocycles. The van der Waals surface area contributed by atoms with Crippen LogP contribution in [0.25, 0.3) is 0 Å². The van der Waals surface area contributed by atoms with E-state index in [1.807, 2.05) is 25.1 Å². The second-order valence-corrected chi connectivity index (χ2v) is 5.74. The van der Waals surface area contributed by atoms with E-state index in [4.69, 9.17) is 16.7 Å². The molecule has 0 saturated heterocycles. The van der Waals surface area contributed by atoms with E-state index in [2.05, 4.69) is 4.90 Å². The highest BCUT2D eigenvalue weighted by Gasteiger charge is 2.24. The Morgan fingerprint density at radius 2 is 2.11 bits per heavy atom. The van der Waals surface area contributed by atoms with Gasteiger partial charge < -0.3 is 5.11 Å². The Balaban J connectivity index is 2.12. The van der Waals surface area contributed by atoms with Gasteiger partial charge in [-0.15, -0.1) is 0 Å². The summed E-state index contributed by atoms with van der Waals surface area (Å²) in [5.74, 6) is -0.751. The Morgan fingerprint density at radius 3 is 2.68 bits per heavy atom. The van der Waals surface area contributed by atoms with Crippen LogP contribution in [-0.2, 0) is 11.3 Å². The lowest BCUT2D eigenvalue weighted by Gasteiger charge is -2.27. The third kappa shape index (κ3) is 3.95. The third-order valence-corrected chi connectivity index (χ3v) is 4.09. The van der Waals surface area contributed by atoms with Gasteiger partial charge in [0, 0.05) is 17.6 Å². The van der Waals surface area contributed by atoms with Crippen LogP contribution in [0, 0.1) is 6.92 Å². The normalized spacial score (nSPS) is 16.2. The van der Waals surface area contributed by atoms with Crippen LogP contribution in [0.1, 0.15) is 36.8 Å². The van der Waals surface area contributed by atoms with Gasteiger partial charge in [0.1, 0.15) is 0 Å². The fraction of sp³-hybridized carbons (Fsp3) is 0.533. The molecular weight excluding hydrogens is 262 g/mol. The Morgan fingerprint density at radius 1 is 1.42 bits per heavy atom. The first kappa shape index (κ1) is 14.4. The molecular formula is C15H20ClNO2. The smallest absolute Gasteiger partial charge is 0.317 e. The van der Waals surface area contributed by atoms with Crippen LogP contribution in [0.4, 0.5) is 0 Å². The highest BCUT2D eigenvalue weighted by Crippen LogP contribution is 2.26. The van der Waals surface area contributed by atoms with Crippen molar-refractivity contribution in [2.24, 2.45) is 0 Å². The van der Waals surface area contributed by atoms with Crippen molar-refractivity contribution in [1.29, 1.82) is 0 Å². The van der Waals surface area contributed by atoms with Gasteiger partial charge in [-0.25, -0.2) is 0 Å². The average molecular weight is 282 g/mol. The fourth-order valence-electron chi connectivity index (χ4n) is 2.81. The van der Waals surface area contributed by atoms with Gasteiger partial charge in [0.2, 0.25) is 0 Å². The molecule has 0 unspecified atom stereocenters. The largest absolute Gasteiger partial charge is 0.480 e. The van der Waals surface area contributed by atoms with Crippen LogP contribution >= 0.6 is 11.6 Å². The first-order chi connectivity index (χ1) is 9.06. The SMILES string of the molecule is Cc1cc(Cl)ccc1CN(CC(=O)O)C1CCCC1. The molecule has 0 bridgehead atoms. The van der Waals surface area contributed by atoms with Crippen LogP contribution in [-0.4, -0.2) is 28.6 Å². The van der Waals surface area contributed by atoms with Crippen molar-refractivity contribution in [2.75, 3.05) is 6.54 Å². The van der Waals surface area contributed by atoms with E-state index in [9.17, 15) is 4.79 Å². The van der Waals surface area contributed by atoms with E-state index in [1.165, 1.54) is 12.8 Å². The standard InChI is InChI=1S/C15H20ClNO2/c1-11-8-13(16)7-6-12(11)9-17(10-15(18)19)14-4-2-3-5-14/h6-8,14H,2-5,9-10H2,1H3,(H,18,19). The lowest BCUT2D eigenvalue weighted by Crippen LogP contribution is -2.37. The maximum atomic E-state index is 11.0. The van der Waals surface area contributed by atoms with E-state index >= 15 is 0 Å². The first-order valence-corrected chi connectivity index (χ1v) is 7.15. The first-order valence-electron chi connectivity index (χ1n) is 6.77. The van der Waals surface area contributed by atoms with Crippen LogP contribution in [0.5, 0.6) is 0 Å². The highest BCUT2D eigenvalue weighted by atomic mass is 35.5. The van der Waals surface area contributed by atoms with Crippen LogP contribution in [0.2, 0.25) is 5.02 Å². The highest BCUT2D eigenvalue weighted by molar-refractivity contribution is 6.30. The molecule has 1 aliphatic rings. The summed E-state index contributed by atoms with van der Waals surface area (Å²) in [6.07, 6.45) is 4.64. The van der Waals surface area contributed by atoms with E-state index < -0.39 is 5.97 Å². The molecule has 0 spiro atoms. The second kappa shape index (κ2) is 6.40.